The van der Waals surface area contributed by atoms with Crippen LogP contribution >= 0.6 is 0 Å². The molecule has 0 N–H and O–H groups in total. The van der Waals surface area contributed by atoms with Crippen molar-refractivity contribution >= 4 is 34.3 Å². The Balaban J connectivity index is 0.00000145. The zero-order chi connectivity index (χ0) is 26.6. The van der Waals surface area contributed by atoms with Gasteiger partial charge in [-0.05, 0) is 80.6 Å². The van der Waals surface area contributed by atoms with Gasteiger partial charge in [0.25, 0.3) is 0 Å². The number of fused-ring (bicyclic) bond motifs is 1. The Morgan fingerprint density at radius 2 is 1.58 bits per heavy atom. The first-order valence-electron chi connectivity index (χ1n) is 12.9. The Hall–Kier alpha value is -3.34. The molecule has 0 aromatic heterocycles. The Morgan fingerprint density at radius 1 is 0.972 bits per heavy atom. The second-order valence-corrected chi connectivity index (χ2v) is 9.47. The molecule has 0 unspecified atom stereocenters. The van der Waals surface area contributed by atoms with Crippen LogP contribution in [0.3, 0.4) is 0 Å². The van der Waals surface area contributed by atoms with E-state index in [1.165, 1.54) is 22.8 Å². The highest BCUT2D eigenvalue weighted by Crippen LogP contribution is 2.32. The number of benzene rings is 3. The number of carbonyl (C=O) groups excluding carboxylic acids is 1. The first kappa shape index (κ1) is 28.9. The van der Waals surface area contributed by atoms with Gasteiger partial charge in [-0.1, -0.05) is 56.7 Å². The smallest absolute Gasteiger partial charge is 0.349 e. The maximum Gasteiger partial charge on any atom is 0.349 e. The topological polar surface area (TPSA) is 51.1 Å². The quantitative estimate of drug-likeness (QED) is 0.165. The Labute approximate surface area is 217 Å². The summed E-state index contributed by atoms with van der Waals surface area (Å²) in [6, 6.07) is 20.6. The summed E-state index contributed by atoms with van der Waals surface area (Å²) in [6.45, 7) is 9.81. The number of rotatable bonds is 10. The van der Waals surface area contributed by atoms with Gasteiger partial charge in [-0.15, -0.1) is 0 Å². The van der Waals surface area contributed by atoms with Crippen molar-refractivity contribution in [1.29, 1.82) is 0 Å². The summed E-state index contributed by atoms with van der Waals surface area (Å²) in [7, 11) is 4.09. The summed E-state index contributed by atoms with van der Waals surface area (Å²) in [5.74, 6) is 0.295. The van der Waals surface area contributed by atoms with Crippen molar-refractivity contribution in [1.82, 2.24) is 0 Å². The van der Waals surface area contributed by atoms with Gasteiger partial charge in [-0.3, -0.25) is 4.99 Å². The highest BCUT2D eigenvalue weighted by atomic mass is 16.6. The Bertz CT molecular complexity index is 1120. The first-order valence-corrected chi connectivity index (χ1v) is 12.9. The SMILES string of the molecule is CCC.CCOC(=O)C(C)(C)Oc1ccc(CCCC=Nc2cc3ccccc3cc2N(C)C)cc1. The molecule has 194 valence electrons. The van der Waals surface area contributed by atoms with Crippen LogP contribution in [0.4, 0.5) is 11.4 Å². The number of aliphatic imine (C=N–C) groups is 1. The number of unbranched alkanes of at least 4 members (excludes halogenated alkanes) is 1. The molecule has 0 radical (unpaired) electrons. The van der Waals surface area contributed by atoms with Crippen LogP contribution < -0.4 is 9.64 Å². The van der Waals surface area contributed by atoms with Crippen molar-refractivity contribution in [3.8, 4) is 5.75 Å². The van der Waals surface area contributed by atoms with E-state index in [2.05, 4.69) is 55.1 Å². The summed E-state index contributed by atoms with van der Waals surface area (Å²) < 4.78 is 10.9. The zero-order valence-corrected chi connectivity index (χ0v) is 23.0. The summed E-state index contributed by atoms with van der Waals surface area (Å²) in [5.41, 5.74) is 2.32. The summed E-state index contributed by atoms with van der Waals surface area (Å²) in [5, 5.41) is 2.42. The van der Waals surface area contributed by atoms with E-state index >= 15 is 0 Å². The third-order valence-corrected chi connectivity index (χ3v) is 5.42. The lowest BCUT2D eigenvalue weighted by Gasteiger charge is -2.24. The average Bonchev–Trinajstić information content (AvgIpc) is 2.84. The largest absolute Gasteiger partial charge is 0.476 e. The van der Waals surface area contributed by atoms with E-state index in [1.807, 2.05) is 44.6 Å². The van der Waals surface area contributed by atoms with E-state index in [9.17, 15) is 4.79 Å². The monoisotopic (exact) mass is 490 g/mol. The number of carbonyl (C=O) groups is 1. The first-order chi connectivity index (χ1) is 17.2. The van der Waals surface area contributed by atoms with Gasteiger partial charge < -0.3 is 14.4 Å². The molecule has 0 atom stereocenters. The van der Waals surface area contributed by atoms with Gasteiger partial charge in [-0.2, -0.15) is 0 Å². The summed E-state index contributed by atoms with van der Waals surface area (Å²) >= 11 is 0. The lowest BCUT2D eigenvalue weighted by Crippen LogP contribution is -2.39. The standard InChI is InChI=1S/C28H34N2O3.C3H8/c1-6-32-27(31)28(2,3)33-24-16-14-21(15-17-24)11-9-10-18-29-25-19-22-12-7-8-13-23(22)20-26(25)30(4)5;1-3-2/h7-8,12-20H,6,9-11H2,1-5H3;3H2,1-2H3. The average molecular weight is 491 g/mol. The highest BCUT2D eigenvalue weighted by Gasteiger charge is 2.31. The minimum absolute atomic E-state index is 0.338. The van der Waals surface area contributed by atoms with Crippen LogP contribution in [0.15, 0.2) is 65.7 Å². The highest BCUT2D eigenvalue weighted by molar-refractivity contribution is 5.92. The Kier molecular flexibility index (Phi) is 11.5. The lowest BCUT2D eigenvalue weighted by atomic mass is 10.1. The molecule has 5 heteroatoms. The van der Waals surface area contributed by atoms with Gasteiger partial charge in [0.1, 0.15) is 5.75 Å². The molecule has 0 fully saturated rings. The van der Waals surface area contributed by atoms with E-state index in [0.717, 1.165) is 30.6 Å². The van der Waals surface area contributed by atoms with Crippen molar-refractivity contribution in [2.24, 2.45) is 4.99 Å². The maximum atomic E-state index is 12.0. The van der Waals surface area contributed by atoms with Crippen LogP contribution in [0, 0.1) is 0 Å². The number of hydrogen-bond donors (Lipinski definition) is 0. The molecule has 0 aliphatic rings. The zero-order valence-electron chi connectivity index (χ0n) is 23.0. The van der Waals surface area contributed by atoms with Crippen molar-refractivity contribution in [3.05, 3.63) is 66.2 Å². The lowest BCUT2D eigenvalue weighted by molar-refractivity contribution is -0.158. The molecule has 36 heavy (non-hydrogen) atoms. The van der Waals surface area contributed by atoms with Crippen LogP contribution in [0.1, 0.15) is 59.4 Å². The fourth-order valence-electron chi connectivity index (χ4n) is 3.60. The van der Waals surface area contributed by atoms with Crippen molar-refractivity contribution in [2.45, 2.75) is 65.9 Å². The second-order valence-electron chi connectivity index (χ2n) is 9.47. The van der Waals surface area contributed by atoms with Crippen LogP contribution in [-0.4, -0.2) is 38.5 Å². The van der Waals surface area contributed by atoms with Crippen LogP contribution in [-0.2, 0) is 16.0 Å². The van der Waals surface area contributed by atoms with E-state index in [1.54, 1.807) is 20.8 Å². The molecular weight excluding hydrogens is 448 g/mol. The third kappa shape index (κ3) is 8.71. The maximum absolute atomic E-state index is 12.0. The molecule has 0 bridgehead atoms. The van der Waals surface area contributed by atoms with Gasteiger partial charge in [-0.25, -0.2) is 4.79 Å². The fraction of sp³-hybridized carbons (Fsp3) is 0.419. The van der Waals surface area contributed by atoms with Crippen molar-refractivity contribution in [3.63, 3.8) is 0 Å². The van der Waals surface area contributed by atoms with Crippen molar-refractivity contribution in [2.75, 3.05) is 25.6 Å². The van der Waals surface area contributed by atoms with Crippen LogP contribution in [0.5, 0.6) is 5.75 Å². The summed E-state index contributed by atoms with van der Waals surface area (Å²) in [6.07, 6.45) is 6.11. The predicted molar refractivity (Wildman–Crippen MR) is 153 cm³/mol. The number of nitrogens with zero attached hydrogens (tertiary/aromatic N) is 2. The summed E-state index contributed by atoms with van der Waals surface area (Å²) in [4.78, 5) is 18.9. The Morgan fingerprint density at radius 3 is 2.17 bits per heavy atom. The number of anilines is 1. The van der Waals surface area contributed by atoms with Gasteiger partial charge in [0, 0.05) is 20.3 Å². The van der Waals surface area contributed by atoms with E-state index in [4.69, 9.17) is 14.5 Å². The molecule has 0 amide bonds. The molecule has 0 spiro atoms. The predicted octanol–water partition coefficient (Wildman–Crippen LogP) is 7.77. The fourth-order valence-corrected chi connectivity index (χ4v) is 3.60. The van der Waals surface area contributed by atoms with Crippen molar-refractivity contribution < 1.29 is 14.3 Å². The van der Waals surface area contributed by atoms with E-state index in [0.29, 0.717) is 12.4 Å². The van der Waals surface area contributed by atoms with E-state index < -0.39 is 5.60 Å². The number of esters is 1. The number of aryl methyl sites for hydroxylation is 1. The molecule has 0 saturated heterocycles. The molecule has 3 rings (SSSR count). The minimum atomic E-state index is -1.01. The normalized spacial score (nSPS) is 11.2. The third-order valence-electron chi connectivity index (χ3n) is 5.42. The number of ether oxygens (including phenoxy) is 2. The minimum Gasteiger partial charge on any atom is -0.476 e. The molecular formula is C31H42N2O3. The van der Waals surface area contributed by atoms with Crippen LogP contribution in [0.25, 0.3) is 10.8 Å². The molecule has 0 aliphatic heterocycles. The molecule has 5 nitrogen and oxygen atoms in total. The molecule has 0 saturated carbocycles. The van der Waals surface area contributed by atoms with Gasteiger partial charge in [0.05, 0.1) is 18.0 Å². The van der Waals surface area contributed by atoms with Gasteiger partial charge in [0.2, 0.25) is 0 Å². The second kappa shape index (κ2) is 14.3. The molecule has 0 heterocycles. The molecule has 0 aliphatic carbocycles. The van der Waals surface area contributed by atoms with Gasteiger partial charge in [0.15, 0.2) is 5.60 Å². The van der Waals surface area contributed by atoms with Gasteiger partial charge >= 0.3 is 5.97 Å². The number of hydrogen-bond acceptors (Lipinski definition) is 5. The molecule has 3 aromatic carbocycles. The van der Waals surface area contributed by atoms with E-state index in [-0.39, 0.29) is 5.97 Å². The van der Waals surface area contributed by atoms with Crippen LogP contribution in [0.2, 0.25) is 0 Å². The molecule has 3 aromatic rings.